The fourth-order valence-electron chi connectivity index (χ4n) is 0.831. The lowest BCUT2D eigenvalue weighted by atomic mass is 9.99. The second kappa shape index (κ2) is 3.32. The second-order valence-electron chi connectivity index (χ2n) is 3.33. The average Bonchev–Trinajstić information content (AvgIpc) is 2.32. The SMILES string of the molecule is CC(C)(N)C(F)c1ccc(Cl)s1. The van der Waals surface area contributed by atoms with Crippen molar-refractivity contribution in [3.05, 3.63) is 21.3 Å². The van der Waals surface area contributed by atoms with E-state index >= 15 is 0 Å². The van der Waals surface area contributed by atoms with Crippen LogP contribution in [-0.2, 0) is 0 Å². The van der Waals surface area contributed by atoms with Crippen LogP contribution in [0.5, 0.6) is 0 Å². The highest BCUT2D eigenvalue weighted by atomic mass is 35.5. The minimum absolute atomic E-state index is 0.590. The first-order chi connectivity index (χ1) is 5.41. The van der Waals surface area contributed by atoms with E-state index in [1.807, 2.05) is 0 Å². The van der Waals surface area contributed by atoms with Gasteiger partial charge in [0.2, 0.25) is 0 Å². The van der Waals surface area contributed by atoms with Crippen molar-refractivity contribution in [3.63, 3.8) is 0 Å². The van der Waals surface area contributed by atoms with Gasteiger partial charge in [-0.05, 0) is 26.0 Å². The van der Waals surface area contributed by atoms with Gasteiger partial charge in [-0.1, -0.05) is 11.6 Å². The summed E-state index contributed by atoms with van der Waals surface area (Å²) in [6, 6.07) is 3.35. The number of halogens is 2. The average molecular weight is 208 g/mol. The van der Waals surface area contributed by atoms with Gasteiger partial charge in [0.1, 0.15) is 0 Å². The van der Waals surface area contributed by atoms with Gasteiger partial charge in [0.25, 0.3) is 0 Å². The predicted octanol–water partition coefficient (Wildman–Crippen LogP) is 3.15. The Bertz CT molecular complexity index is 266. The van der Waals surface area contributed by atoms with E-state index in [4.69, 9.17) is 17.3 Å². The van der Waals surface area contributed by atoms with Crippen LogP contribution in [0.3, 0.4) is 0 Å². The molecular formula is C8H11ClFNS. The van der Waals surface area contributed by atoms with Gasteiger partial charge in [0.15, 0.2) is 6.17 Å². The summed E-state index contributed by atoms with van der Waals surface area (Å²) in [7, 11) is 0. The number of hydrogen-bond donors (Lipinski definition) is 1. The van der Waals surface area contributed by atoms with Crippen molar-refractivity contribution in [1.82, 2.24) is 0 Å². The first kappa shape index (κ1) is 9.96. The van der Waals surface area contributed by atoms with Crippen LogP contribution in [0.4, 0.5) is 4.39 Å². The maximum atomic E-state index is 13.5. The second-order valence-corrected chi connectivity index (χ2v) is 5.07. The topological polar surface area (TPSA) is 26.0 Å². The monoisotopic (exact) mass is 207 g/mol. The summed E-state index contributed by atoms with van der Waals surface area (Å²) in [5, 5.41) is 0. The molecule has 1 unspecified atom stereocenters. The van der Waals surface area contributed by atoms with Crippen molar-refractivity contribution >= 4 is 22.9 Å². The molecular weight excluding hydrogens is 197 g/mol. The van der Waals surface area contributed by atoms with E-state index in [0.29, 0.717) is 9.21 Å². The molecule has 1 rings (SSSR count). The molecule has 1 atom stereocenters. The Balaban J connectivity index is 2.85. The fraction of sp³-hybridized carbons (Fsp3) is 0.500. The van der Waals surface area contributed by atoms with Crippen LogP contribution in [-0.4, -0.2) is 5.54 Å². The number of thiophene rings is 1. The molecule has 0 aliphatic carbocycles. The molecule has 0 aliphatic rings. The summed E-state index contributed by atoms with van der Waals surface area (Å²) in [6.45, 7) is 3.32. The lowest BCUT2D eigenvalue weighted by molar-refractivity contribution is 0.228. The Morgan fingerprint density at radius 1 is 1.58 bits per heavy atom. The molecule has 0 fully saturated rings. The van der Waals surface area contributed by atoms with Crippen molar-refractivity contribution in [2.45, 2.75) is 25.6 Å². The highest BCUT2D eigenvalue weighted by Crippen LogP contribution is 2.34. The lowest BCUT2D eigenvalue weighted by Crippen LogP contribution is -2.36. The summed E-state index contributed by atoms with van der Waals surface area (Å²) >= 11 is 6.90. The first-order valence-electron chi connectivity index (χ1n) is 3.59. The predicted molar refractivity (Wildman–Crippen MR) is 51.4 cm³/mol. The molecule has 0 aliphatic heterocycles. The van der Waals surface area contributed by atoms with Crippen LogP contribution >= 0.6 is 22.9 Å². The minimum atomic E-state index is -1.14. The molecule has 12 heavy (non-hydrogen) atoms. The zero-order valence-corrected chi connectivity index (χ0v) is 8.55. The molecule has 1 aromatic rings. The van der Waals surface area contributed by atoms with Crippen LogP contribution in [0.25, 0.3) is 0 Å². The minimum Gasteiger partial charge on any atom is -0.323 e. The Morgan fingerprint density at radius 3 is 2.50 bits per heavy atom. The van der Waals surface area contributed by atoms with E-state index < -0.39 is 11.7 Å². The number of alkyl halides is 1. The van der Waals surface area contributed by atoms with E-state index in [1.54, 1.807) is 26.0 Å². The molecule has 1 nitrogen and oxygen atoms in total. The van der Waals surface area contributed by atoms with Gasteiger partial charge in [-0.15, -0.1) is 11.3 Å². The summed E-state index contributed by atoms with van der Waals surface area (Å²) in [5.41, 5.74) is 4.77. The molecule has 0 saturated heterocycles. The van der Waals surface area contributed by atoms with E-state index in [2.05, 4.69) is 0 Å². The zero-order chi connectivity index (χ0) is 9.35. The molecule has 4 heteroatoms. The van der Waals surface area contributed by atoms with Crippen LogP contribution in [0.2, 0.25) is 4.34 Å². The maximum absolute atomic E-state index is 13.5. The Hall–Kier alpha value is -0.120. The molecule has 68 valence electrons. The molecule has 0 saturated carbocycles. The maximum Gasteiger partial charge on any atom is 0.152 e. The van der Waals surface area contributed by atoms with Crippen LogP contribution in [0.15, 0.2) is 12.1 Å². The third kappa shape index (κ3) is 2.19. The van der Waals surface area contributed by atoms with Crippen molar-refractivity contribution in [2.24, 2.45) is 5.73 Å². The summed E-state index contributed by atoms with van der Waals surface area (Å²) in [6.07, 6.45) is -1.14. The van der Waals surface area contributed by atoms with Gasteiger partial charge < -0.3 is 5.73 Å². The summed E-state index contributed by atoms with van der Waals surface area (Å²) in [5.74, 6) is 0. The molecule has 2 N–H and O–H groups in total. The van der Waals surface area contributed by atoms with E-state index in [0.717, 1.165) is 0 Å². The van der Waals surface area contributed by atoms with Gasteiger partial charge in [0, 0.05) is 10.4 Å². The molecule has 0 bridgehead atoms. The van der Waals surface area contributed by atoms with Crippen LogP contribution < -0.4 is 5.73 Å². The molecule has 0 spiro atoms. The quantitative estimate of drug-likeness (QED) is 0.792. The van der Waals surface area contributed by atoms with Gasteiger partial charge in [0.05, 0.1) is 4.34 Å². The summed E-state index contributed by atoms with van der Waals surface area (Å²) in [4.78, 5) is 0.590. The molecule has 0 amide bonds. The fourth-order valence-corrected chi connectivity index (χ4v) is 2.07. The Labute approximate surface area is 80.3 Å². The van der Waals surface area contributed by atoms with E-state index in [9.17, 15) is 4.39 Å². The molecule has 1 heterocycles. The largest absolute Gasteiger partial charge is 0.323 e. The molecule has 0 aromatic carbocycles. The normalized spacial score (nSPS) is 14.8. The van der Waals surface area contributed by atoms with Gasteiger partial charge in [-0.25, -0.2) is 4.39 Å². The van der Waals surface area contributed by atoms with Crippen LogP contribution in [0, 0.1) is 0 Å². The van der Waals surface area contributed by atoms with Gasteiger partial charge >= 0.3 is 0 Å². The molecule has 1 aromatic heterocycles. The standard InChI is InChI=1S/C8H11ClFNS/c1-8(2,11)7(10)5-3-4-6(9)12-5/h3-4,7H,11H2,1-2H3. The number of rotatable bonds is 2. The number of hydrogen-bond acceptors (Lipinski definition) is 2. The van der Waals surface area contributed by atoms with E-state index in [1.165, 1.54) is 11.3 Å². The number of nitrogens with two attached hydrogens (primary N) is 1. The Kier molecular flexibility index (Phi) is 2.76. The first-order valence-corrected chi connectivity index (χ1v) is 4.79. The van der Waals surface area contributed by atoms with E-state index in [-0.39, 0.29) is 0 Å². The van der Waals surface area contributed by atoms with Crippen molar-refractivity contribution in [3.8, 4) is 0 Å². The highest BCUT2D eigenvalue weighted by molar-refractivity contribution is 7.16. The Morgan fingerprint density at radius 2 is 2.17 bits per heavy atom. The third-order valence-corrected chi connectivity index (χ3v) is 2.76. The third-order valence-electron chi connectivity index (χ3n) is 1.50. The smallest absolute Gasteiger partial charge is 0.152 e. The van der Waals surface area contributed by atoms with Gasteiger partial charge in [-0.3, -0.25) is 0 Å². The van der Waals surface area contributed by atoms with Crippen molar-refractivity contribution in [1.29, 1.82) is 0 Å². The van der Waals surface area contributed by atoms with Gasteiger partial charge in [-0.2, -0.15) is 0 Å². The summed E-state index contributed by atoms with van der Waals surface area (Å²) < 4.78 is 14.1. The lowest BCUT2D eigenvalue weighted by Gasteiger charge is -2.22. The zero-order valence-electron chi connectivity index (χ0n) is 6.97. The van der Waals surface area contributed by atoms with Crippen molar-refractivity contribution < 1.29 is 4.39 Å². The van der Waals surface area contributed by atoms with Crippen LogP contribution in [0.1, 0.15) is 24.9 Å². The van der Waals surface area contributed by atoms with Crippen molar-refractivity contribution in [2.75, 3.05) is 0 Å². The highest BCUT2D eigenvalue weighted by Gasteiger charge is 2.27. The molecule has 0 radical (unpaired) electrons.